The summed E-state index contributed by atoms with van der Waals surface area (Å²) < 4.78 is 61.7. The summed E-state index contributed by atoms with van der Waals surface area (Å²) in [6.07, 6.45) is 5.58. The number of anilines is 1. The molecule has 222 valence electrons. The van der Waals surface area contributed by atoms with E-state index in [1.807, 2.05) is 49.1 Å². The monoisotopic (exact) mass is 625 g/mol. The summed E-state index contributed by atoms with van der Waals surface area (Å²) in [7, 11) is -7.26. The standard InChI is InChI=1S/C32H35NO6S3/c1-5-23(20-31-33(14-16-41(4,34)35)27-17-21(2)22(3)18-28(27)39-31)19-30-26(11-8-15-42(36,37)38)32-25-10-7-6-9-24(25)12-13-29(32)40-30/h6-7,9-10,12-13,17-20H,4-5,8,11,14-16H2,1-3H3,(H,34,35)(H,36,37,38)/b23-19+,31-20-. The van der Waals surface area contributed by atoms with Gasteiger partial charge in [-0.25, -0.2) is 4.21 Å². The Balaban J connectivity index is 1.60. The summed E-state index contributed by atoms with van der Waals surface area (Å²) in [5.41, 5.74) is 5.08. The van der Waals surface area contributed by atoms with Gasteiger partial charge in [0.05, 0.1) is 27.0 Å². The van der Waals surface area contributed by atoms with E-state index in [1.54, 1.807) is 11.3 Å². The lowest BCUT2D eigenvalue weighted by atomic mass is 9.99. The molecule has 42 heavy (non-hydrogen) atoms. The quantitative estimate of drug-likeness (QED) is 0.142. The second-order valence-corrected chi connectivity index (χ2v) is 15.3. The number of ether oxygens (including phenoxy) is 1. The smallest absolute Gasteiger partial charge is 0.264 e. The van der Waals surface area contributed by atoms with Gasteiger partial charge in [0, 0.05) is 27.6 Å². The molecule has 3 aromatic carbocycles. The molecular weight excluding hydrogens is 591 g/mol. The maximum absolute atomic E-state index is 12.1. The van der Waals surface area contributed by atoms with Crippen molar-refractivity contribution in [2.24, 2.45) is 0 Å². The largest absolute Gasteiger partial charge is 0.439 e. The maximum Gasteiger partial charge on any atom is 0.264 e. The average Bonchev–Trinajstić information content (AvgIpc) is 3.43. The minimum atomic E-state index is -4.07. The van der Waals surface area contributed by atoms with Gasteiger partial charge < -0.3 is 14.2 Å². The molecule has 0 aliphatic carbocycles. The Labute approximate surface area is 251 Å². The third kappa shape index (κ3) is 6.74. The number of nitrogens with zero attached hydrogens (tertiary/aromatic N) is 1. The minimum absolute atomic E-state index is 0.00740. The van der Waals surface area contributed by atoms with Gasteiger partial charge in [0.1, 0.15) is 0 Å². The number of thiophene rings is 1. The Bertz CT molecular complexity index is 1950. The van der Waals surface area contributed by atoms with E-state index in [2.05, 4.69) is 43.1 Å². The summed E-state index contributed by atoms with van der Waals surface area (Å²) in [6, 6.07) is 16.4. The van der Waals surface area contributed by atoms with E-state index in [1.165, 1.54) is 0 Å². The molecule has 0 amide bonds. The van der Waals surface area contributed by atoms with Crippen LogP contribution in [0.2, 0.25) is 0 Å². The molecule has 0 saturated heterocycles. The SMILES string of the molecule is C=S(=O)(O)CCN1/C(=C/C(=C/c2sc3ccc4ccccc4c3c2CCCS(=O)(=O)O)CC)Oc2cc(C)c(C)cc21. The summed E-state index contributed by atoms with van der Waals surface area (Å²) >= 11 is 1.65. The van der Waals surface area contributed by atoms with Crippen LogP contribution in [0.5, 0.6) is 5.75 Å². The van der Waals surface area contributed by atoms with Crippen molar-refractivity contribution in [2.45, 2.75) is 40.0 Å². The molecule has 1 atom stereocenters. The maximum atomic E-state index is 12.1. The molecule has 2 heterocycles. The second-order valence-electron chi connectivity index (χ2n) is 10.7. The first kappa shape index (κ1) is 30.3. The zero-order valence-electron chi connectivity index (χ0n) is 23.9. The molecule has 0 spiro atoms. The zero-order chi connectivity index (χ0) is 30.2. The van der Waals surface area contributed by atoms with E-state index in [0.717, 1.165) is 53.7 Å². The lowest BCUT2D eigenvalue weighted by Crippen LogP contribution is -2.27. The van der Waals surface area contributed by atoms with Crippen molar-refractivity contribution in [3.8, 4) is 5.75 Å². The fourth-order valence-corrected chi connectivity index (χ4v) is 7.47. The van der Waals surface area contributed by atoms with Crippen molar-refractivity contribution in [1.29, 1.82) is 0 Å². The molecule has 1 aliphatic rings. The van der Waals surface area contributed by atoms with Crippen LogP contribution in [0, 0.1) is 13.8 Å². The van der Waals surface area contributed by atoms with Crippen molar-refractivity contribution in [3.05, 3.63) is 87.6 Å². The summed E-state index contributed by atoms with van der Waals surface area (Å²) in [6.45, 7) is 6.37. The van der Waals surface area contributed by atoms with E-state index in [9.17, 15) is 21.7 Å². The highest BCUT2D eigenvalue weighted by Crippen LogP contribution is 2.42. The summed E-state index contributed by atoms with van der Waals surface area (Å²) in [5, 5.41) is 3.32. The highest BCUT2D eigenvalue weighted by atomic mass is 32.2. The van der Waals surface area contributed by atoms with Gasteiger partial charge >= 0.3 is 0 Å². The predicted molar refractivity (Wildman–Crippen MR) is 177 cm³/mol. The summed E-state index contributed by atoms with van der Waals surface area (Å²) in [5.74, 6) is 4.37. The molecule has 0 fully saturated rings. The molecule has 2 N–H and O–H groups in total. The highest BCUT2D eigenvalue weighted by molar-refractivity contribution is 7.95. The fraction of sp³-hybridized carbons (Fsp3) is 0.281. The van der Waals surface area contributed by atoms with E-state index in [-0.39, 0.29) is 18.1 Å². The molecule has 1 aliphatic heterocycles. The van der Waals surface area contributed by atoms with Crippen LogP contribution in [-0.4, -0.2) is 45.7 Å². The predicted octanol–water partition coefficient (Wildman–Crippen LogP) is 7.21. The van der Waals surface area contributed by atoms with Gasteiger partial charge in [-0.2, -0.15) is 8.42 Å². The van der Waals surface area contributed by atoms with E-state index in [4.69, 9.17) is 4.74 Å². The van der Waals surface area contributed by atoms with Crippen molar-refractivity contribution < 1.29 is 26.5 Å². The third-order valence-electron chi connectivity index (χ3n) is 7.55. The number of hydrogen-bond acceptors (Lipinski definition) is 6. The Kier molecular flexibility index (Phi) is 8.55. The van der Waals surface area contributed by atoms with Gasteiger partial charge in [0.25, 0.3) is 10.1 Å². The highest BCUT2D eigenvalue weighted by Gasteiger charge is 2.28. The molecule has 0 radical (unpaired) electrons. The number of rotatable bonds is 10. The Morgan fingerprint density at radius 3 is 2.50 bits per heavy atom. The zero-order valence-corrected chi connectivity index (χ0v) is 26.4. The van der Waals surface area contributed by atoms with Crippen molar-refractivity contribution >= 4 is 69.7 Å². The fourth-order valence-electron chi connectivity index (χ4n) is 5.25. The van der Waals surface area contributed by atoms with Gasteiger partial charge in [-0.15, -0.1) is 11.3 Å². The minimum Gasteiger partial charge on any atom is -0.439 e. The topological polar surface area (TPSA) is 104 Å². The van der Waals surface area contributed by atoms with Gasteiger partial charge in [-0.3, -0.25) is 4.55 Å². The molecular formula is C32H35NO6S3. The average molecular weight is 626 g/mol. The van der Waals surface area contributed by atoms with Gasteiger partial charge in [0.15, 0.2) is 5.75 Å². The van der Waals surface area contributed by atoms with Gasteiger partial charge in [-0.1, -0.05) is 37.3 Å². The van der Waals surface area contributed by atoms with Gasteiger partial charge in [-0.05, 0) is 96.3 Å². The third-order valence-corrected chi connectivity index (χ3v) is 10.3. The van der Waals surface area contributed by atoms with Crippen LogP contribution in [0.15, 0.2) is 66.1 Å². The van der Waals surface area contributed by atoms with Crippen molar-refractivity contribution in [2.75, 3.05) is 23.0 Å². The lowest BCUT2D eigenvalue weighted by molar-refractivity contribution is 0.438. The Morgan fingerprint density at radius 2 is 1.79 bits per heavy atom. The van der Waals surface area contributed by atoms with Crippen LogP contribution in [0.25, 0.3) is 26.9 Å². The molecule has 0 bridgehead atoms. The van der Waals surface area contributed by atoms with Crippen LogP contribution in [0.3, 0.4) is 0 Å². The van der Waals surface area contributed by atoms with E-state index >= 15 is 0 Å². The number of hydrogen-bond donors (Lipinski definition) is 2. The molecule has 5 rings (SSSR count). The Hall–Kier alpha value is -3.15. The van der Waals surface area contributed by atoms with Crippen molar-refractivity contribution in [3.63, 3.8) is 0 Å². The first-order chi connectivity index (χ1) is 19.8. The number of benzene rings is 3. The molecule has 4 aromatic rings. The molecule has 0 saturated carbocycles. The molecule has 10 heteroatoms. The molecule has 7 nitrogen and oxygen atoms in total. The van der Waals surface area contributed by atoms with Crippen LogP contribution >= 0.6 is 11.3 Å². The van der Waals surface area contributed by atoms with Crippen LogP contribution in [0.4, 0.5) is 5.69 Å². The Morgan fingerprint density at radius 1 is 1.05 bits per heavy atom. The first-order valence-corrected chi connectivity index (χ1v) is 18.1. The lowest BCUT2D eigenvalue weighted by Gasteiger charge is -2.19. The molecule has 1 aromatic heterocycles. The summed E-state index contributed by atoms with van der Waals surface area (Å²) in [4.78, 5) is 2.95. The number of fused-ring (bicyclic) bond motifs is 4. The van der Waals surface area contributed by atoms with Crippen molar-refractivity contribution in [1.82, 2.24) is 0 Å². The molecule has 1 unspecified atom stereocenters. The van der Waals surface area contributed by atoms with E-state index in [0.29, 0.717) is 30.9 Å². The van der Waals surface area contributed by atoms with Crippen LogP contribution < -0.4 is 9.64 Å². The first-order valence-electron chi connectivity index (χ1n) is 13.8. The second kappa shape index (κ2) is 11.9. The number of aryl methyl sites for hydroxylation is 3. The van der Waals surface area contributed by atoms with E-state index < -0.39 is 19.9 Å². The number of allylic oxidation sites excluding steroid dienone is 2. The van der Waals surface area contributed by atoms with Crippen LogP contribution in [0.1, 0.15) is 41.3 Å². The normalized spacial score (nSPS) is 16.3. The van der Waals surface area contributed by atoms with Crippen LogP contribution in [-0.2, 0) is 26.3 Å². The van der Waals surface area contributed by atoms with Gasteiger partial charge in [0.2, 0.25) is 5.88 Å².